The molecule has 3 nitrogen and oxygen atoms in total. The summed E-state index contributed by atoms with van der Waals surface area (Å²) in [5, 5.41) is 11.4. The maximum Gasteiger partial charge on any atom is 0.221 e. The van der Waals surface area contributed by atoms with Crippen LogP contribution in [0.3, 0.4) is 0 Å². The van der Waals surface area contributed by atoms with Crippen molar-refractivity contribution in [1.82, 2.24) is 5.32 Å². The van der Waals surface area contributed by atoms with Crippen LogP contribution in [0.15, 0.2) is 22.7 Å². The Hall–Kier alpha value is -1.05. The third kappa shape index (κ3) is 4.21. The van der Waals surface area contributed by atoms with E-state index in [1.807, 2.05) is 18.2 Å². The summed E-state index contributed by atoms with van der Waals surface area (Å²) in [6.07, 6.45) is 0.943. The molecule has 0 aromatic heterocycles. The molecule has 0 unspecified atom stereocenters. The van der Waals surface area contributed by atoms with Gasteiger partial charge in [0.2, 0.25) is 5.91 Å². The molecule has 1 aromatic carbocycles. The van der Waals surface area contributed by atoms with E-state index >= 15 is 0 Å². The van der Waals surface area contributed by atoms with E-state index in [-0.39, 0.29) is 12.5 Å². The molecule has 0 fully saturated rings. The number of halogens is 2. The Bertz CT molecular complexity index is 428. The maximum absolute atomic E-state index is 11.3. The highest BCUT2D eigenvalue weighted by molar-refractivity contribution is 9.10. The van der Waals surface area contributed by atoms with Crippen molar-refractivity contribution in [3.63, 3.8) is 0 Å². The molecule has 0 atom stereocenters. The number of nitrogens with zero attached hydrogens (tertiary/aromatic N) is 1. The van der Waals surface area contributed by atoms with Gasteiger partial charge >= 0.3 is 0 Å². The predicted molar refractivity (Wildman–Crippen MR) is 66.1 cm³/mol. The van der Waals surface area contributed by atoms with Crippen LogP contribution in [0.2, 0.25) is 5.02 Å². The molecule has 0 saturated heterocycles. The van der Waals surface area contributed by atoms with Crippen LogP contribution in [0.4, 0.5) is 0 Å². The lowest BCUT2D eigenvalue weighted by Gasteiger charge is -2.04. The average Bonchev–Trinajstić information content (AvgIpc) is 2.27. The van der Waals surface area contributed by atoms with Crippen molar-refractivity contribution in [3.8, 4) is 6.07 Å². The Morgan fingerprint density at radius 3 is 3.00 bits per heavy atom. The standard InChI is InChI=1S/C11H10BrClN2O/c12-10-3-2-9(13)7-8(10)1-4-11(16)15-6-5-14/h2-3,7H,1,4,6H2,(H,15,16). The molecule has 0 aliphatic rings. The van der Waals surface area contributed by atoms with Gasteiger partial charge in [-0.05, 0) is 30.2 Å². The highest BCUT2D eigenvalue weighted by Gasteiger charge is 2.05. The van der Waals surface area contributed by atoms with Crippen molar-refractivity contribution in [3.05, 3.63) is 33.3 Å². The van der Waals surface area contributed by atoms with E-state index < -0.39 is 0 Å². The first-order valence-electron chi connectivity index (χ1n) is 4.71. The first-order chi connectivity index (χ1) is 7.63. The highest BCUT2D eigenvalue weighted by Crippen LogP contribution is 2.22. The van der Waals surface area contributed by atoms with Gasteiger partial charge in [0.25, 0.3) is 0 Å². The van der Waals surface area contributed by atoms with Crippen LogP contribution < -0.4 is 5.32 Å². The second kappa shape index (κ2) is 6.51. The van der Waals surface area contributed by atoms with Gasteiger partial charge in [0.1, 0.15) is 6.54 Å². The van der Waals surface area contributed by atoms with Gasteiger partial charge in [-0.3, -0.25) is 4.79 Å². The number of carbonyl (C=O) groups is 1. The zero-order valence-electron chi connectivity index (χ0n) is 8.46. The van der Waals surface area contributed by atoms with Crippen molar-refractivity contribution in [2.45, 2.75) is 12.8 Å². The molecule has 5 heteroatoms. The predicted octanol–water partition coefficient (Wildman–Crippen LogP) is 2.67. The van der Waals surface area contributed by atoms with Crippen molar-refractivity contribution in [2.24, 2.45) is 0 Å². The molecule has 0 heterocycles. The van der Waals surface area contributed by atoms with E-state index in [1.54, 1.807) is 6.07 Å². The van der Waals surface area contributed by atoms with Crippen molar-refractivity contribution >= 4 is 33.4 Å². The maximum atomic E-state index is 11.3. The van der Waals surface area contributed by atoms with Crippen LogP contribution in [-0.2, 0) is 11.2 Å². The average molecular weight is 302 g/mol. The van der Waals surface area contributed by atoms with E-state index in [1.165, 1.54) is 0 Å². The Morgan fingerprint density at radius 2 is 2.31 bits per heavy atom. The molecule has 1 N–H and O–H groups in total. The molecule has 0 radical (unpaired) electrons. The summed E-state index contributed by atoms with van der Waals surface area (Å²) in [6, 6.07) is 7.31. The molecule has 0 spiro atoms. The number of carbonyl (C=O) groups excluding carboxylic acids is 1. The van der Waals surface area contributed by atoms with Crippen LogP contribution in [0.1, 0.15) is 12.0 Å². The van der Waals surface area contributed by atoms with E-state index in [9.17, 15) is 4.79 Å². The molecule has 1 amide bonds. The number of nitrogens with one attached hydrogen (secondary N) is 1. The summed E-state index contributed by atoms with van der Waals surface area (Å²) in [7, 11) is 0. The third-order valence-electron chi connectivity index (χ3n) is 1.99. The fourth-order valence-corrected chi connectivity index (χ4v) is 1.85. The minimum absolute atomic E-state index is 0.0511. The number of hydrogen-bond donors (Lipinski definition) is 1. The molecule has 0 saturated carbocycles. The Morgan fingerprint density at radius 1 is 1.56 bits per heavy atom. The summed E-state index contributed by atoms with van der Waals surface area (Å²) >= 11 is 9.24. The van der Waals surface area contributed by atoms with Gasteiger partial charge in [-0.2, -0.15) is 5.26 Å². The molecule has 84 valence electrons. The van der Waals surface area contributed by atoms with Gasteiger partial charge in [0, 0.05) is 15.9 Å². The topological polar surface area (TPSA) is 52.9 Å². The molecule has 16 heavy (non-hydrogen) atoms. The van der Waals surface area contributed by atoms with E-state index in [4.69, 9.17) is 16.9 Å². The first kappa shape index (κ1) is 13.0. The summed E-state index contributed by atoms with van der Waals surface area (Å²) in [4.78, 5) is 11.3. The first-order valence-corrected chi connectivity index (χ1v) is 5.88. The minimum Gasteiger partial charge on any atom is -0.343 e. The van der Waals surface area contributed by atoms with Crippen molar-refractivity contribution < 1.29 is 4.79 Å². The highest BCUT2D eigenvalue weighted by atomic mass is 79.9. The summed E-state index contributed by atoms with van der Waals surface area (Å²) in [5.74, 6) is -0.131. The molecule has 0 aliphatic heterocycles. The Labute approximate surface area is 108 Å². The monoisotopic (exact) mass is 300 g/mol. The quantitative estimate of drug-likeness (QED) is 0.869. The lowest BCUT2D eigenvalue weighted by molar-refractivity contribution is -0.120. The Balaban J connectivity index is 2.51. The molecule has 0 aliphatic carbocycles. The normalized spacial score (nSPS) is 9.56. The van der Waals surface area contributed by atoms with Gasteiger partial charge in [-0.15, -0.1) is 0 Å². The number of benzene rings is 1. The number of hydrogen-bond acceptors (Lipinski definition) is 2. The summed E-state index contributed by atoms with van der Waals surface area (Å²) in [5.41, 5.74) is 0.986. The van der Waals surface area contributed by atoms with Crippen molar-refractivity contribution in [1.29, 1.82) is 5.26 Å². The number of rotatable bonds is 4. The van der Waals surface area contributed by atoms with Crippen LogP contribution in [-0.4, -0.2) is 12.5 Å². The fraction of sp³-hybridized carbons (Fsp3) is 0.273. The van der Waals surface area contributed by atoms with Crippen molar-refractivity contribution in [2.75, 3.05) is 6.54 Å². The van der Waals surface area contributed by atoms with E-state index in [0.29, 0.717) is 17.9 Å². The summed E-state index contributed by atoms with van der Waals surface area (Å²) in [6.45, 7) is 0.0511. The Kier molecular flexibility index (Phi) is 5.30. The number of nitriles is 1. The van der Waals surface area contributed by atoms with Crippen LogP contribution in [0, 0.1) is 11.3 Å². The third-order valence-corrected chi connectivity index (χ3v) is 3.00. The molecular formula is C11H10BrClN2O. The number of amides is 1. The van der Waals surface area contributed by atoms with E-state index in [2.05, 4.69) is 21.2 Å². The minimum atomic E-state index is -0.131. The van der Waals surface area contributed by atoms with Gasteiger partial charge in [-0.1, -0.05) is 27.5 Å². The molecular weight excluding hydrogens is 291 g/mol. The van der Waals surface area contributed by atoms with Gasteiger partial charge in [0.05, 0.1) is 6.07 Å². The van der Waals surface area contributed by atoms with Gasteiger partial charge < -0.3 is 5.32 Å². The summed E-state index contributed by atoms with van der Waals surface area (Å²) < 4.78 is 0.935. The second-order valence-electron chi connectivity index (χ2n) is 3.17. The van der Waals surface area contributed by atoms with Crippen LogP contribution in [0.5, 0.6) is 0 Å². The largest absolute Gasteiger partial charge is 0.343 e. The lowest BCUT2D eigenvalue weighted by atomic mass is 10.1. The lowest BCUT2D eigenvalue weighted by Crippen LogP contribution is -2.23. The van der Waals surface area contributed by atoms with Gasteiger partial charge in [0.15, 0.2) is 0 Å². The SMILES string of the molecule is N#CCNC(=O)CCc1cc(Cl)ccc1Br. The molecule has 1 rings (SSSR count). The zero-order chi connectivity index (χ0) is 12.0. The smallest absolute Gasteiger partial charge is 0.221 e. The zero-order valence-corrected chi connectivity index (χ0v) is 10.8. The number of aryl methyl sites for hydroxylation is 1. The molecule has 1 aromatic rings. The fourth-order valence-electron chi connectivity index (χ4n) is 1.21. The second-order valence-corrected chi connectivity index (χ2v) is 4.46. The van der Waals surface area contributed by atoms with Gasteiger partial charge in [-0.25, -0.2) is 0 Å². The van der Waals surface area contributed by atoms with Crippen LogP contribution >= 0.6 is 27.5 Å². The molecule has 0 bridgehead atoms. The van der Waals surface area contributed by atoms with Crippen LogP contribution in [0.25, 0.3) is 0 Å². The van der Waals surface area contributed by atoms with E-state index in [0.717, 1.165) is 10.0 Å².